The van der Waals surface area contributed by atoms with E-state index in [2.05, 4.69) is 0 Å². The SMILES string of the molecule is Nc1c(C(=O)Cl)cc(C(F)F)[nH]c1=O. The number of hydrogen-bond donors (Lipinski definition) is 2. The third-order valence-corrected chi connectivity index (χ3v) is 1.74. The van der Waals surface area contributed by atoms with Gasteiger partial charge in [0, 0.05) is 0 Å². The average molecular weight is 223 g/mol. The van der Waals surface area contributed by atoms with Crippen LogP contribution in [0.25, 0.3) is 0 Å². The summed E-state index contributed by atoms with van der Waals surface area (Å²) in [5, 5.41) is -1.05. The first-order chi connectivity index (χ1) is 6.43. The molecule has 1 aromatic rings. The number of nitrogen functional groups attached to an aromatic ring is 1. The van der Waals surface area contributed by atoms with Gasteiger partial charge in [-0.25, -0.2) is 8.78 Å². The van der Waals surface area contributed by atoms with Crippen molar-refractivity contribution in [3.63, 3.8) is 0 Å². The molecule has 0 unspecified atom stereocenters. The standard InChI is InChI=1S/C7H5ClF2N2O2/c8-5(13)2-1-3(6(9)10)12-7(14)4(2)11/h1,6H,11H2,(H,12,14). The summed E-state index contributed by atoms with van der Waals surface area (Å²) in [5.74, 6) is 0. The molecule has 0 bridgehead atoms. The van der Waals surface area contributed by atoms with Gasteiger partial charge in [0.05, 0.1) is 11.3 Å². The van der Waals surface area contributed by atoms with Crippen LogP contribution in [-0.2, 0) is 0 Å². The second kappa shape index (κ2) is 3.75. The second-order valence-electron chi connectivity index (χ2n) is 2.46. The van der Waals surface area contributed by atoms with E-state index < -0.39 is 34.2 Å². The molecule has 0 aliphatic heterocycles. The molecule has 1 aromatic heterocycles. The molecule has 76 valence electrons. The highest BCUT2D eigenvalue weighted by Crippen LogP contribution is 2.19. The fourth-order valence-electron chi connectivity index (χ4n) is 0.870. The van der Waals surface area contributed by atoms with Crippen LogP contribution in [0, 0.1) is 0 Å². The molecule has 4 nitrogen and oxygen atoms in total. The lowest BCUT2D eigenvalue weighted by molar-refractivity contribution is 0.108. The second-order valence-corrected chi connectivity index (χ2v) is 2.80. The Morgan fingerprint density at radius 2 is 2.14 bits per heavy atom. The first-order valence-electron chi connectivity index (χ1n) is 3.44. The average Bonchev–Trinajstić information content (AvgIpc) is 2.08. The van der Waals surface area contributed by atoms with Crippen LogP contribution in [-0.4, -0.2) is 10.2 Å². The first-order valence-corrected chi connectivity index (χ1v) is 3.82. The van der Waals surface area contributed by atoms with Gasteiger partial charge in [0.15, 0.2) is 0 Å². The predicted molar refractivity (Wildman–Crippen MR) is 46.6 cm³/mol. The Kier molecular flexibility index (Phi) is 2.85. The Morgan fingerprint density at radius 3 is 2.57 bits per heavy atom. The Morgan fingerprint density at radius 1 is 1.57 bits per heavy atom. The number of hydrogen-bond acceptors (Lipinski definition) is 3. The summed E-state index contributed by atoms with van der Waals surface area (Å²) in [7, 11) is 0. The normalized spacial score (nSPS) is 10.6. The minimum absolute atomic E-state index is 0.411. The molecular weight excluding hydrogens is 218 g/mol. The van der Waals surface area contributed by atoms with Gasteiger partial charge >= 0.3 is 0 Å². The van der Waals surface area contributed by atoms with Crippen molar-refractivity contribution >= 4 is 22.5 Å². The molecule has 0 fully saturated rings. The number of alkyl halides is 2. The maximum Gasteiger partial charge on any atom is 0.278 e. The van der Waals surface area contributed by atoms with Crippen molar-refractivity contribution in [2.75, 3.05) is 5.73 Å². The van der Waals surface area contributed by atoms with Crippen molar-refractivity contribution in [1.29, 1.82) is 0 Å². The lowest BCUT2D eigenvalue weighted by atomic mass is 10.2. The molecule has 0 saturated heterocycles. The fraction of sp³-hybridized carbons (Fsp3) is 0.143. The van der Waals surface area contributed by atoms with Crippen LogP contribution < -0.4 is 11.3 Å². The minimum atomic E-state index is -2.89. The molecule has 0 aliphatic rings. The summed E-state index contributed by atoms with van der Waals surface area (Å²) < 4.78 is 24.3. The van der Waals surface area contributed by atoms with Gasteiger partial charge < -0.3 is 10.7 Å². The molecule has 0 aromatic carbocycles. The molecule has 0 aliphatic carbocycles. The summed E-state index contributed by atoms with van der Waals surface area (Å²) in [6.07, 6.45) is -2.89. The van der Waals surface area contributed by atoms with E-state index in [1.165, 1.54) is 0 Å². The molecule has 14 heavy (non-hydrogen) atoms. The first kappa shape index (κ1) is 10.6. The number of H-pyrrole nitrogens is 1. The van der Waals surface area contributed by atoms with Gasteiger partial charge in [0.1, 0.15) is 5.69 Å². The van der Waals surface area contributed by atoms with Gasteiger partial charge in [-0.05, 0) is 17.7 Å². The van der Waals surface area contributed by atoms with E-state index >= 15 is 0 Å². The zero-order valence-corrected chi connectivity index (χ0v) is 7.44. The van der Waals surface area contributed by atoms with Gasteiger partial charge in [-0.2, -0.15) is 0 Å². The molecular formula is C7H5ClF2N2O2. The van der Waals surface area contributed by atoms with E-state index in [1.54, 1.807) is 0 Å². The van der Waals surface area contributed by atoms with Crippen LogP contribution in [0.3, 0.4) is 0 Å². The summed E-state index contributed by atoms with van der Waals surface area (Å²) in [5.41, 5.74) is 2.64. The topological polar surface area (TPSA) is 76.0 Å². The zero-order valence-electron chi connectivity index (χ0n) is 6.68. The Hall–Kier alpha value is -1.43. The van der Waals surface area contributed by atoms with Crippen molar-refractivity contribution in [2.24, 2.45) is 0 Å². The van der Waals surface area contributed by atoms with Gasteiger partial charge in [-0.3, -0.25) is 9.59 Å². The third kappa shape index (κ3) is 1.90. The summed E-state index contributed by atoms with van der Waals surface area (Å²) in [6, 6.07) is 0.761. The van der Waals surface area contributed by atoms with Crippen LogP contribution in [0.4, 0.5) is 14.5 Å². The van der Waals surface area contributed by atoms with Gasteiger partial charge in [-0.15, -0.1) is 0 Å². The highest BCUT2D eigenvalue weighted by atomic mass is 35.5. The summed E-state index contributed by atoms with van der Waals surface area (Å²) in [6.45, 7) is 0. The lowest BCUT2D eigenvalue weighted by Crippen LogP contribution is -2.18. The highest BCUT2D eigenvalue weighted by molar-refractivity contribution is 6.68. The van der Waals surface area contributed by atoms with Crippen LogP contribution >= 0.6 is 11.6 Å². The molecule has 0 atom stereocenters. The molecule has 7 heteroatoms. The number of carbonyl (C=O) groups excluding carboxylic acids is 1. The van der Waals surface area contributed by atoms with E-state index in [0.29, 0.717) is 0 Å². The molecule has 3 N–H and O–H groups in total. The van der Waals surface area contributed by atoms with Crippen molar-refractivity contribution in [3.05, 3.63) is 27.7 Å². The maximum atomic E-state index is 12.2. The van der Waals surface area contributed by atoms with Gasteiger partial charge in [-0.1, -0.05) is 0 Å². The smallest absolute Gasteiger partial charge is 0.278 e. The summed E-state index contributed by atoms with van der Waals surface area (Å²) in [4.78, 5) is 23.5. The van der Waals surface area contributed by atoms with E-state index in [9.17, 15) is 18.4 Å². The lowest BCUT2D eigenvalue weighted by Gasteiger charge is -2.03. The molecule has 0 spiro atoms. The highest BCUT2D eigenvalue weighted by Gasteiger charge is 2.16. The number of aromatic nitrogens is 1. The quantitative estimate of drug-likeness (QED) is 0.740. The monoisotopic (exact) mass is 222 g/mol. The van der Waals surface area contributed by atoms with Gasteiger partial charge in [0.25, 0.3) is 17.2 Å². The molecule has 1 rings (SSSR count). The zero-order chi connectivity index (χ0) is 10.9. The largest absolute Gasteiger partial charge is 0.394 e. The van der Waals surface area contributed by atoms with Gasteiger partial charge in [0.2, 0.25) is 0 Å². The van der Waals surface area contributed by atoms with Crippen LogP contribution in [0.2, 0.25) is 0 Å². The van der Waals surface area contributed by atoms with Crippen LogP contribution in [0.1, 0.15) is 22.5 Å². The number of pyridine rings is 1. The van der Waals surface area contributed by atoms with Crippen molar-refractivity contribution in [2.45, 2.75) is 6.43 Å². The number of nitrogens with two attached hydrogens (primary N) is 1. The number of carbonyl (C=O) groups is 1. The molecule has 0 amide bonds. The van der Waals surface area contributed by atoms with Crippen molar-refractivity contribution < 1.29 is 13.6 Å². The number of halogens is 3. The maximum absolute atomic E-state index is 12.2. The Bertz CT molecular complexity index is 430. The summed E-state index contributed by atoms with van der Waals surface area (Å²) >= 11 is 5.04. The number of aromatic amines is 1. The third-order valence-electron chi connectivity index (χ3n) is 1.54. The number of rotatable bonds is 2. The van der Waals surface area contributed by atoms with E-state index in [1.807, 2.05) is 4.98 Å². The van der Waals surface area contributed by atoms with Crippen molar-refractivity contribution in [1.82, 2.24) is 4.98 Å². The van der Waals surface area contributed by atoms with Crippen molar-refractivity contribution in [3.8, 4) is 0 Å². The van der Waals surface area contributed by atoms with E-state index in [-0.39, 0.29) is 0 Å². The van der Waals surface area contributed by atoms with Crippen LogP contribution in [0.5, 0.6) is 0 Å². The van der Waals surface area contributed by atoms with E-state index in [0.717, 1.165) is 6.07 Å². The minimum Gasteiger partial charge on any atom is -0.394 e. The molecule has 1 heterocycles. The van der Waals surface area contributed by atoms with Crippen LogP contribution in [0.15, 0.2) is 10.9 Å². The number of anilines is 1. The Labute approximate surface area is 81.7 Å². The van der Waals surface area contributed by atoms with E-state index in [4.69, 9.17) is 17.3 Å². The predicted octanol–water partition coefficient (Wildman–Crippen LogP) is 1.27. The Balaban J connectivity index is 3.43. The molecule has 0 saturated carbocycles. The fourth-order valence-corrected chi connectivity index (χ4v) is 1.03. The number of nitrogens with one attached hydrogen (secondary N) is 1. The molecule has 0 radical (unpaired) electrons.